The highest BCUT2D eigenvalue weighted by Gasteiger charge is 2.20. The van der Waals surface area contributed by atoms with E-state index in [0.29, 0.717) is 5.92 Å². The Kier molecular flexibility index (Phi) is 7.15. The number of rotatable bonds is 8. The van der Waals surface area contributed by atoms with E-state index >= 15 is 0 Å². The van der Waals surface area contributed by atoms with Crippen molar-refractivity contribution in [2.24, 2.45) is 5.92 Å². The molecule has 0 saturated carbocycles. The molecule has 0 unspecified atom stereocenters. The molecule has 7 nitrogen and oxygen atoms in total. The van der Waals surface area contributed by atoms with Crippen molar-refractivity contribution in [2.75, 3.05) is 14.1 Å². The third-order valence-corrected chi connectivity index (χ3v) is 6.09. The van der Waals surface area contributed by atoms with Crippen molar-refractivity contribution in [1.29, 1.82) is 0 Å². The molecule has 1 heterocycles. The van der Waals surface area contributed by atoms with Crippen molar-refractivity contribution in [3.05, 3.63) is 64.6 Å². The number of nitrogens with zero attached hydrogens (tertiary/aromatic N) is 2. The molecule has 28 heavy (non-hydrogen) atoms. The second-order valence-electron chi connectivity index (χ2n) is 7.28. The second kappa shape index (κ2) is 9.16. The average molecular weight is 406 g/mol. The van der Waals surface area contributed by atoms with Crippen LogP contribution in [0.15, 0.2) is 58.4 Å². The molecular weight excluding hydrogens is 378 g/mol. The van der Waals surface area contributed by atoms with E-state index in [1.54, 1.807) is 0 Å². The zero-order chi connectivity index (χ0) is 20.9. The third kappa shape index (κ3) is 5.53. The molecule has 0 fully saturated rings. The number of hydrogen-bond donors (Lipinski definition) is 1. The minimum Gasteiger partial charge on any atom is -0.348 e. The molecule has 0 spiro atoms. The van der Waals surface area contributed by atoms with Gasteiger partial charge < -0.3 is 9.88 Å². The zero-order valence-electron chi connectivity index (χ0n) is 16.6. The largest absolute Gasteiger partial charge is 0.348 e. The Bertz CT molecular complexity index is 966. The lowest BCUT2D eigenvalue weighted by molar-refractivity contribution is -0.122. The highest BCUT2D eigenvalue weighted by Crippen LogP contribution is 2.21. The van der Waals surface area contributed by atoms with Crippen LogP contribution in [-0.4, -0.2) is 37.3 Å². The molecule has 0 radical (unpaired) electrons. The Morgan fingerprint density at radius 1 is 1.11 bits per heavy atom. The van der Waals surface area contributed by atoms with Gasteiger partial charge in [-0.25, -0.2) is 12.7 Å². The quantitative estimate of drug-likeness (QED) is 0.728. The molecule has 1 aromatic heterocycles. The SMILES string of the molecule is CC(C)C[C@@H](NC(=O)Cn1cc(S(=O)(=O)N(C)C)ccc1=O)c1ccccc1. The van der Waals surface area contributed by atoms with Crippen molar-refractivity contribution in [3.8, 4) is 0 Å². The van der Waals surface area contributed by atoms with E-state index in [1.165, 1.54) is 26.4 Å². The van der Waals surface area contributed by atoms with Gasteiger partial charge in [-0.15, -0.1) is 0 Å². The van der Waals surface area contributed by atoms with Crippen molar-refractivity contribution >= 4 is 15.9 Å². The van der Waals surface area contributed by atoms with E-state index in [1.807, 2.05) is 30.3 Å². The lowest BCUT2D eigenvalue weighted by Gasteiger charge is -2.21. The first kappa shape index (κ1) is 21.8. The molecule has 0 aliphatic rings. The topological polar surface area (TPSA) is 88.5 Å². The van der Waals surface area contributed by atoms with Gasteiger partial charge in [-0.05, 0) is 24.0 Å². The number of carbonyl (C=O) groups is 1. The first-order valence-corrected chi connectivity index (χ1v) is 10.5. The molecule has 1 atom stereocenters. The maximum absolute atomic E-state index is 12.6. The fourth-order valence-electron chi connectivity index (χ4n) is 2.83. The van der Waals surface area contributed by atoms with Crippen LogP contribution in [0, 0.1) is 5.92 Å². The van der Waals surface area contributed by atoms with Crippen LogP contribution < -0.4 is 10.9 Å². The van der Waals surface area contributed by atoms with Crippen LogP contribution in [0.2, 0.25) is 0 Å². The highest BCUT2D eigenvalue weighted by molar-refractivity contribution is 7.89. The fraction of sp³-hybridized carbons (Fsp3) is 0.400. The molecule has 1 aromatic carbocycles. The van der Waals surface area contributed by atoms with Gasteiger partial charge in [0.1, 0.15) is 6.54 Å². The lowest BCUT2D eigenvalue weighted by Crippen LogP contribution is -2.35. The number of pyridine rings is 1. The van der Waals surface area contributed by atoms with Crippen LogP contribution >= 0.6 is 0 Å². The number of benzene rings is 1. The summed E-state index contributed by atoms with van der Waals surface area (Å²) in [6.45, 7) is 3.89. The van der Waals surface area contributed by atoms with Gasteiger partial charge in [0.05, 0.1) is 10.9 Å². The molecule has 0 bridgehead atoms. The summed E-state index contributed by atoms with van der Waals surface area (Å²) in [7, 11) is -0.871. The second-order valence-corrected chi connectivity index (χ2v) is 9.43. The van der Waals surface area contributed by atoms with Crippen LogP contribution in [0.1, 0.15) is 31.9 Å². The normalized spacial score (nSPS) is 12.9. The molecule has 8 heteroatoms. The van der Waals surface area contributed by atoms with Gasteiger partial charge in [0.2, 0.25) is 15.9 Å². The summed E-state index contributed by atoms with van der Waals surface area (Å²) in [5.41, 5.74) is 0.550. The Morgan fingerprint density at radius 2 is 1.75 bits per heavy atom. The molecule has 0 saturated heterocycles. The van der Waals surface area contributed by atoms with Crippen molar-refractivity contribution in [2.45, 2.75) is 37.8 Å². The Balaban J connectivity index is 2.23. The van der Waals surface area contributed by atoms with E-state index < -0.39 is 15.6 Å². The van der Waals surface area contributed by atoms with Crippen molar-refractivity contribution < 1.29 is 13.2 Å². The number of amides is 1. The number of aromatic nitrogens is 1. The molecule has 2 rings (SSSR count). The van der Waals surface area contributed by atoms with E-state index in [2.05, 4.69) is 19.2 Å². The van der Waals surface area contributed by atoms with Gasteiger partial charge >= 0.3 is 0 Å². The molecule has 2 aromatic rings. The summed E-state index contributed by atoms with van der Waals surface area (Å²) < 4.78 is 26.7. The van der Waals surface area contributed by atoms with Crippen LogP contribution in [0.25, 0.3) is 0 Å². The van der Waals surface area contributed by atoms with Crippen LogP contribution in [-0.2, 0) is 21.4 Å². The van der Waals surface area contributed by atoms with E-state index in [0.717, 1.165) is 26.9 Å². The number of nitrogens with one attached hydrogen (secondary N) is 1. The van der Waals surface area contributed by atoms with Crippen LogP contribution in [0.4, 0.5) is 0 Å². The third-order valence-electron chi connectivity index (χ3n) is 4.29. The van der Waals surface area contributed by atoms with Crippen molar-refractivity contribution in [1.82, 2.24) is 14.2 Å². The molecule has 1 N–H and O–H groups in total. The molecular formula is C20H27N3O4S. The monoisotopic (exact) mass is 405 g/mol. The predicted octanol–water partition coefficient (Wildman–Crippen LogP) is 2.00. The van der Waals surface area contributed by atoms with Gasteiger partial charge in [0.15, 0.2) is 0 Å². The van der Waals surface area contributed by atoms with E-state index in [-0.39, 0.29) is 23.4 Å². The summed E-state index contributed by atoms with van der Waals surface area (Å²) in [5.74, 6) is 0.0118. The highest BCUT2D eigenvalue weighted by atomic mass is 32.2. The van der Waals surface area contributed by atoms with Gasteiger partial charge in [-0.1, -0.05) is 44.2 Å². The van der Waals surface area contributed by atoms with Gasteiger partial charge in [0.25, 0.3) is 5.56 Å². The Hall–Kier alpha value is -2.45. The first-order chi connectivity index (χ1) is 13.1. The molecule has 0 aliphatic carbocycles. The first-order valence-electron chi connectivity index (χ1n) is 9.08. The van der Waals surface area contributed by atoms with E-state index in [9.17, 15) is 18.0 Å². The molecule has 1 amide bonds. The number of hydrogen-bond acceptors (Lipinski definition) is 4. The minimum atomic E-state index is -3.69. The Morgan fingerprint density at radius 3 is 2.32 bits per heavy atom. The summed E-state index contributed by atoms with van der Waals surface area (Å²) >= 11 is 0. The van der Waals surface area contributed by atoms with Crippen molar-refractivity contribution in [3.63, 3.8) is 0 Å². The van der Waals surface area contributed by atoms with Gasteiger partial charge in [-0.2, -0.15) is 0 Å². The zero-order valence-corrected chi connectivity index (χ0v) is 17.4. The van der Waals surface area contributed by atoms with Gasteiger partial charge in [-0.3, -0.25) is 9.59 Å². The maximum Gasteiger partial charge on any atom is 0.251 e. The fourth-order valence-corrected chi connectivity index (χ4v) is 3.75. The predicted molar refractivity (Wildman–Crippen MR) is 108 cm³/mol. The van der Waals surface area contributed by atoms with E-state index in [4.69, 9.17) is 0 Å². The van der Waals surface area contributed by atoms with Crippen LogP contribution in [0.3, 0.4) is 0 Å². The molecule has 0 aliphatic heterocycles. The van der Waals surface area contributed by atoms with Gasteiger partial charge in [0, 0.05) is 26.4 Å². The summed E-state index contributed by atoms with van der Waals surface area (Å²) in [5, 5.41) is 2.96. The maximum atomic E-state index is 12.6. The smallest absolute Gasteiger partial charge is 0.251 e. The molecule has 152 valence electrons. The summed E-state index contributed by atoms with van der Waals surface area (Å²) in [6, 6.07) is 11.9. The average Bonchev–Trinajstić information content (AvgIpc) is 2.63. The van der Waals surface area contributed by atoms with Crippen LogP contribution in [0.5, 0.6) is 0 Å². The Labute approximate surface area is 166 Å². The number of sulfonamides is 1. The minimum absolute atomic E-state index is 0.0355. The summed E-state index contributed by atoms with van der Waals surface area (Å²) in [6.07, 6.45) is 1.96. The lowest BCUT2D eigenvalue weighted by atomic mass is 9.97. The standard InChI is InChI=1S/C20H27N3O4S/c1-15(2)12-18(16-8-6-5-7-9-16)21-19(24)14-23-13-17(10-11-20(23)25)28(26,27)22(3)4/h5-11,13,15,18H,12,14H2,1-4H3,(H,21,24)/t18-/m1/s1. The number of carbonyl (C=O) groups excluding carboxylic acids is 1. The summed E-state index contributed by atoms with van der Waals surface area (Å²) in [4.78, 5) is 24.7.